The van der Waals surface area contributed by atoms with E-state index in [0.717, 1.165) is 10.1 Å². The van der Waals surface area contributed by atoms with Gasteiger partial charge in [0.25, 0.3) is 5.56 Å². The van der Waals surface area contributed by atoms with Crippen LogP contribution in [0.4, 0.5) is 0 Å². The van der Waals surface area contributed by atoms with E-state index in [1.807, 2.05) is 30.3 Å². The molecule has 1 aliphatic heterocycles. The van der Waals surface area contributed by atoms with Crippen molar-refractivity contribution in [1.82, 2.24) is 14.5 Å². The molecule has 2 aromatic carbocycles. The van der Waals surface area contributed by atoms with Crippen molar-refractivity contribution >= 4 is 16.8 Å². The number of hydrogen-bond donors (Lipinski definition) is 2. The van der Waals surface area contributed by atoms with Crippen LogP contribution in [0.1, 0.15) is 11.5 Å². The molecule has 1 saturated heterocycles. The van der Waals surface area contributed by atoms with E-state index in [2.05, 4.69) is 4.98 Å². The van der Waals surface area contributed by atoms with Crippen molar-refractivity contribution < 1.29 is 4.79 Å². The van der Waals surface area contributed by atoms with Crippen molar-refractivity contribution in [2.75, 3.05) is 13.1 Å². The molecular formula is C20H20N4O3. The van der Waals surface area contributed by atoms with Crippen LogP contribution in [0.3, 0.4) is 0 Å². The van der Waals surface area contributed by atoms with Crippen LogP contribution in [0, 0.1) is 0 Å². The van der Waals surface area contributed by atoms with E-state index in [0.29, 0.717) is 24.0 Å². The highest BCUT2D eigenvalue weighted by Crippen LogP contribution is 2.26. The second-order valence-corrected chi connectivity index (χ2v) is 6.85. The minimum atomic E-state index is -0.588. The predicted octanol–water partition coefficient (Wildman–Crippen LogP) is 0.643. The molecule has 1 aromatic heterocycles. The number of fused-ring (bicyclic) bond motifs is 1. The summed E-state index contributed by atoms with van der Waals surface area (Å²) < 4.78 is 0.950. The number of aromatic amines is 1. The van der Waals surface area contributed by atoms with Crippen molar-refractivity contribution in [3.05, 3.63) is 81.0 Å². The third-order valence-electron chi connectivity index (χ3n) is 5.13. The first kappa shape index (κ1) is 17.2. The van der Waals surface area contributed by atoms with Crippen LogP contribution in [0.15, 0.2) is 64.2 Å². The Bertz CT molecular complexity index is 1100. The molecule has 1 aliphatic rings. The Morgan fingerprint density at radius 3 is 2.52 bits per heavy atom. The second kappa shape index (κ2) is 6.85. The molecule has 0 aliphatic carbocycles. The Kier molecular flexibility index (Phi) is 4.37. The molecule has 138 valence electrons. The van der Waals surface area contributed by atoms with E-state index < -0.39 is 11.2 Å². The minimum Gasteiger partial charge on any atom is -0.339 e. The fourth-order valence-electron chi connectivity index (χ4n) is 3.66. The molecule has 0 spiro atoms. The van der Waals surface area contributed by atoms with E-state index in [9.17, 15) is 14.4 Å². The molecule has 0 bridgehead atoms. The highest BCUT2D eigenvalue weighted by molar-refractivity contribution is 5.79. The number of nitrogens with zero attached hydrogens (tertiary/aromatic N) is 2. The van der Waals surface area contributed by atoms with E-state index in [1.54, 1.807) is 29.2 Å². The SMILES string of the molecule is N[C@@H]1CN(C(=O)Cn2c(=O)[nH]c3ccccc3c2=O)C[C@H]1c1ccccc1. The molecule has 7 nitrogen and oxygen atoms in total. The van der Waals surface area contributed by atoms with E-state index >= 15 is 0 Å². The van der Waals surface area contributed by atoms with Crippen molar-refractivity contribution in [2.45, 2.75) is 18.5 Å². The quantitative estimate of drug-likeness (QED) is 0.712. The second-order valence-electron chi connectivity index (χ2n) is 6.85. The van der Waals surface area contributed by atoms with E-state index in [-0.39, 0.29) is 24.4 Å². The highest BCUT2D eigenvalue weighted by atomic mass is 16.2. The van der Waals surface area contributed by atoms with Gasteiger partial charge in [-0.15, -0.1) is 0 Å². The van der Waals surface area contributed by atoms with Crippen LogP contribution < -0.4 is 17.0 Å². The molecule has 1 amide bonds. The minimum absolute atomic E-state index is 0.0433. The van der Waals surface area contributed by atoms with Gasteiger partial charge in [-0.1, -0.05) is 42.5 Å². The molecule has 0 unspecified atom stereocenters. The number of para-hydroxylation sites is 1. The Morgan fingerprint density at radius 2 is 1.74 bits per heavy atom. The number of likely N-dealkylation sites (tertiary alicyclic amines) is 1. The fourth-order valence-corrected chi connectivity index (χ4v) is 3.66. The van der Waals surface area contributed by atoms with Gasteiger partial charge in [0.15, 0.2) is 0 Å². The summed E-state index contributed by atoms with van der Waals surface area (Å²) in [7, 11) is 0. The van der Waals surface area contributed by atoms with Gasteiger partial charge in [0.1, 0.15) is 6.54 Å². The standard InChI is InChI=1S/C20H20N4O3/c21-16-11-23(10-15(16)13-6-2-1-3-7-13)18(25)12-24-19(26)14-8-4-5-9-17(14)22-20(24)27/h1-9,15-16H,10-12,21H2,(H,22,27)/t15-,16+/m0/s1. The maximum atomic E-state index is 12.7. The van der Waals surface area contributed by atoms with Crippen LogP contribution in [-0.2, 0) is 11.3 Å². The fraction of sp³-hybridized carbons (Fsp3) is 0.250. The molecule has 1 fully saturated rings. The summed E-state index contributed by atoms with van der Waals surface area (Å²) in [6, 6.07) is 16.4. The van der Waals surface area contributed by atoms with Gasteiger partial charge in [-0.25, -0.2) is 4.79 Å². The van der Waals surface area contributed by atoms with Crippen LogP contribution in [0.2, 0.25) is 0 Å². The molecule has 3 aromatic rings. The number of nitrogens with two attached hydrogens (primary N) is 1. The molecule has 2 heterocycles. The van der Waals surface area contributed by atoms with Gasteiger partial charge in [0, 0.05) is 25.0 Å². The van der Waals surface area contributed by atoms with Crippen molar-refractivity contribution in [3.63, 3.8) is 0 Å². The summed E-state index contributed by atoms with van der Waals surface area (Å²) in [6.45, 7) is 0.579. The van der Waals surface area contributed by atoms with Crippen molar-refractivity contribution in [1.29, 1.82) is 0 Å². The number of benzene rings is 2. The van der Waals surface area contributed by atoms with Crippen molar-refractivity contribution in [3.8, 4) is 0 Å². The summed E-state index contributed by atoms with van der Waals surface area (Å²) in [5.41, 5.74) is 6.73. The third-order valence-corrected chi connectivity index (χ3v) is 5.13. The lowest BCUT2D eigenvalue weighted by atomic mass is 9.95. The van der Waals surface area contributed by atoms with Crippen LogP contribution in [0.5, 0.6) is 0 Å². The molecule has 0 saturated carbocycles. The maximum Gasteiger partial charge on any atom is 0.329 e. The number of nitrogens with one attached hydrogen (secondary N) is 1. The lowest BCUT2D eigenvalue weighted by Crippen LogP contribution is -2.42. The van der Waals surface area contributed by atoms with Crippen LogP contribution in [0.25, 0.3) is 10.9 Å². The van der Waals surface area contributed by atoms with Crippen LogP contribution >= 0.6 is 0 Å². The van der Waals surface area contributed by atoms with Gasteiger partial charge >= 0.3 is 5.69 Å². The lowest BCUT2D eigenvalue weighted by Gasteiger charge is -2.17. The topological polar surface area (TPSA) is 101 Å². The van der Waals surface area contributed by atoms with E-state index in [1.165, 1.54) is 0 Å². The summed E-state index contributed by atoms with van der Waals surface area (Å²) >= 11 is 0. The molecular weight excluding hydrogens is 344 g/mol. The number of aromatic nitrogens is 2. The number of rotatable bonds is 3. The van der Waals surface area contributed by atoms with E-state index in [4.69, 9.17) is 5.73 Å². The lowest BCUT2D eigenvalue weighted by molar-refractivity contribution is -0.131. The average Bonchev–Trinajstić information content (AvgIpc) is 3.07. The smallest absolute Gasteiger partial charge is 0.329 e. The Labute approximate surface area is 155 Å². The average molecular weight is 364 g/mol. The first-order valence-corrected chi connectivity index (χ1v) is 8.85. The predicted molar refractivity (Wildman–Crippen MR) is 103 cm³/mol. The summed E-state index contributed by atoms with van der Waals surface area (Å²) in [4.78, 5) is 41.9. The molecule has 3 N–H and O–H groups in total. The molecule has 7 heteroatoms. The number of amides is 1. The van der Waals surface area contributed by atoms with Crippen molar-refractivity contribution in [2.24, 2.45) is 5.73 Å². The number of carbonyl (C=O) groups excluding carboxylic acids is 1. The number of carbonyl (C=O) groups is 1. The Balaban J connectivity index is 1.58. The van der Waals surface area contributed by atoms with Gasteiger partial charge in [0.05, 0.1) is 10.9 Å². The van der Waals surface area contributed by atoms with Gasteiger partial charge in [0.2, 0.25) is 5.91 Å². The monoisotopic (exact) mass is 364 g/mol. The molecule has 2 atom stereocenters. The normalized spacial score (nSPS) is 19.5. The number of hydrogen-bond acceptors (Lipinski definition) is 4. The largest absolute Gasteiger partial charge is 0.339 e. The summed E-state index contributed by atoms with van der Waals surface area (Å²) in [6.07, 6.45) is 0. The zero-order chi connectivity index (χ0) is 19.0. The first-order valence-electron chi connectivity index (χ1n) is 8.85. The summed E-state index contributed by atoms with van der Waals surface area (Å²) in [5.74, 6) is -0.242. The zero-order valence-electron chi connectivity index (χ0n) is 14.7. The van der Waals surface area contributed by atoms with Gasteiger partial charge in [-0.05, 0) is 17.7 Å². The molecule has 4 rings (SSSR count). The van der Waals surface area contributed by atoms with Gasteiger partial charge < -0.3 is 15.6 Å². The molecule has 27 heavy (non-hydrogen) atoms. The third kappa shape index (κ3) is 3.17. The molecule has 0 radical (unpaired) electrons. The highest BCUT2D eigenvalue weighted by Gasteiger charge is 2.34. The summed E-state index contributed by atoms with van der Waals surface area (Å²) in [5, 5.41) is 0.380. The Hall–Kier alpha value is -3.19. The first-order chi connectivity index (χ1) is 13.0. The zero-order valence-corrected chi connectivity index (χ0v) is 14.7. The number of H-pyrrole nitrogens is 1. The Morgan fingerprint density at radius 1 is 1.04 bits per heavy atom. The maximum absolute atomic E-state index is 12.7. The van der Waals surface area contributed by atoms with Gasteiger partial charge in [-0.2, -0.15) is 0 Å². The van der Waals surface area contributed by atoms with Crippen LogP contribution in [-0.4, -0.2) is 39.5 Å². The van der Waals surface area contributed by atoms with Gasteiger partial charge in [-0.3, -0.25) is 14.2 Å².